The van der Waals surface area contributed by atoms with Gasteiger partial charge in [0.2, 0.25) is 0 Å². The molecule has 0 radical (unpaired) electrons. The number of aryl methyl sites for hydroxylation is 1. The number of para-hydroxylation sites is 1. The van der Waals surface area contributed by atoms with Crippen LogP contribution in [0.1, 0.15) is 40.4 Å². The van der Waals surface area contributed by atoms with Gasteiger partial charge in [-0.3, -0.25) is 4.98 Å². The number of aromatic nitrogens is 2. The van der Waals surface area contributed by atoms with Crippen molar-refractivity contribution in [2.75, 3.05) is 30.9 Å². The second-order valence-electron chi connectivity index (χ2n) is 7.48. The van der Waals surface area contributed by atoms with Crippen LogP contribution < -0.4 is 10.2 Å². The van der Waals surface area contributed by atoms with E-state index in [0.717, 1.165) is 43.0 Å². The zero-order valence-corrected chi connectivity index (χ0v) is 17.3. The van der Waals surface area contributed by atoms with Crippen molar-refractivity contribution in [1.29, 1.82) is 0 Å². The lowest BCUT2D eigenvalue weighted by Crippen LogP contribution is -2.21. The molecule has 0 bridgehead atoms. The van der Waals surface area contributed by atoms with Gasteiger partial charge in [-0.1, -0.05) is 24.3 Å². The minimum absolute atomic E-state index is 0.336. The SMILES string of the molecule is COC(=O)c1ccncc1NCC1CCCc2nc(N(C)c3ccccc3)ccc21. The first-order valence-corrected chi connectivity index (χ1v) is 10.2. The smallest absolute Gasteiger partial charge is 0.340 e. The summed E-state index contributed by atoms with van der Waals surface area (Å²) < 4.78 is 4.88. The number of nitrogens with zero attached hydrogens (tertiary/aromatic N) is 3. The molecule has 154 valence electrons. The molecule has 0 saturated heterocycles. The Labute approximate surface area is 176 Å². The molecular formula is C24H26N4O2. The number of esters is 1. The van der Waals surface area contributed by atoms with Gasteiger partial charge in [-0.15, -0.1) is 0 Å². The Morgan fingerprint density at radius 2 is 2.03 bits per heavy atom. The maximum absolute atomic E-state index is 12.0. The van der Waals surface area contributed by atoms with E-state index in [4.69, 9.17) is 9.72 Å². The van der Waals surface area contributed by atoms with E-state index < -0.39 is 0 Å². The molecule has 1 unspecified atom stereocenters. The van der Waals surface area contributed by atoms with Crippen LogP contribution >= 0.6 is 0 Å². The van der Waals surface area contributed by atoms with Crippen molar-refractivity contribution in [3.63, 3.8) is 0 Å². The fourth-order valence-electron chi connectivity index (χ4n) is 3.98. The van der Waals surface area contributed by atoms with E-state index >= 15 is 0 Å². The van der Waals surface area contributed by atoms with Gasteiger partial charge in [-0.05, 0) is 49.1 Å². The highest BCUT2D eigenvalue weighted by molar-refractivity contribution is 5.95. The van der Waals surface area contributed by atoms with E-state index in [9.17, 15) is 4.79 Å². The molecule has 1 aliphatic rings. The molecule has 0 amide bonds. The first-order chi connectivity index (χ1) is 14.7. The number of fused-ring (bicyclic) bond motifs is 1. The van der Waals surface area contributed by atoms with Crippen LogP contribution in [0.15, 0.2) is 60.9 Å². The fourth-order valence-corrected chi connectivity index (χ4v) is 3.98. The van der Waals surface area contributed by atoms with Gasteiger partial charge < -0.3 is 15.0 Å². The number of ether oxygens (including phenoxy) is 1. The lowest BCUT2D eigenvalue weighted by atomic mass is 9.85. The topological polar surface area (TPSA) is 67.3 Å². The quantitative estimate of drug-likeness (QED) is 0.610. The minimum atomic E-state index is -0.362. The van der Waals surface area contributed by atoms with Crippen molar-refractivity contribution >= 4 is 23.2 Å². The molecule has 6 nitrogen and oxygen atoms in total. The van der Waals surface area contributed by atoms with Crippen LogP contribution in [0, 0.1) is 0 Å². The van der Waals surface area contributed by atoms with Crippen molar-refractivity contribution < 1.29 is 9.53 Å². The summed E-state index contributed by atoms with van der Waals surface area (Å²) in [7, 11) is 3.43. The van der Waals surface area contributed by atoms with E-state index in [0.29, 0.717) is 17.2 Å². The summed E-state index contributed by atoms with van der Waals surface area (Å²) in [6.07, 6.45) is 6.45. The first kappa shape index (κ1) is 19.9. The summed E-state index contributed by atoms with van der Waals surface area (Å²) in [5.41, 5.74) is 4.76. The van der Waals surface area contributed by atoms with Gasteiger partial charge in [0, 0.05) is 37.1 Å². The molecule has 1 N–H and O–H groups in total. The monoisotopic (exact) mass is 402 g/mol. The molecule has 6 heteroatoms. The number of pyridine rings is 2. The molecule has 3 aromatic rings. The normalized spacial score (nSPS) is 15.2. The van der Waals surface area contributed by atoms with Gasteiger partial charge in [0.05, 0.1) is 24.6 Å². The molecule has 4 rings (SSSR count). The number of carbonyl (C=O) groups excluding carboxylic acids is 1. The van der Waals surface area contributed by atoms with Crippen LogP contribution in [0.4, 0.5) is 17.2 Å². The van der Waals surface area contributed by atoms with Gasteiger partial charge in [-0.25, -0.2) is 9.78 Å². The molecule has 1 aliphatic carbocycles. The molecule has 0 aliphatic heterocycles. The Hall–Kier alpha value is -3.41. The number of nitrogens with one attached hydrogen (secondary N) is 1. The van der Waals surface area contributed by atoms with Crippen LogP contribution in [-0.4, -0.2) is 36.6 Å². The molecule has 2 aromatic heterocycles. The molecule has 0 fully saturated rings. The number of benzene rings is 1. The largest absolute Gasteiger partial charge is 0.465 e. The van der Waals surface area contributed by atoms with Crippen molar-refractivity contribution in [2.45, 2.75) is 25.2 Å². The van der Waals surface area contributed by atoms with Crippen LogP contribution in [0.2, 0.25) is 0 Å². The minimum Gasteiger partial charge on any atom is -0.465 e. The highest BCUT2D eigenvalue weighted by atomic mass is 16.5. The van der Waals surface area contributed by atoms with Crippen LogP contribution in [-0.2, 0) is 11.2 Å². The van der Waals surface area contributed by atoms with Crippen molar-refractivity contribution in [2.24, 2.45) is 0 Å². The third-order valence-electron chi connectivity index (χ3n) is 5.65. The zero-order chi connectivity index (χ0) is 20.9. The van der Waals surface area contributed by atoms with Crippen LogP contribution in [0.5, 0.6) is 0 Å². The highest BCUT2D eigenvalue weighted by Crippen LogP contribution is 2.33. The maximum atomic E-state index is 12.0. The third-order valence-corrected chi connectivity index (χ3v) is 5.65. The molecule has 0 spiro atoms. The van der Waals surface area contributed by atoms with Gasteiger partial charge in [0.25, 0.3) is 0 Å². The molecule has 1 atom stereocenters. The average molecular weight is 402 g/mol. The van der Waals surface area contributed by atoms with E-state index in [1.165, 1.54) is 12.7 Å². The second kappa shape index (κ2) is 8.95. The fraction of sp³-hybridized carbons (Fsp3) is 0.292. The van der Waals surface area contributed by atoms with Gasteiger partial charge >= 0.3 is 5.97 Å². The predicted molar refractivity (Wildman–Crippen MR) is 118 cm³/mol. The molecular weight excluding hydrogens is 376 g/mol. The maximum Gasteiger partial charge on any atom is 0.340 e. The Morgan fingerprint density at radius 1 is 1.20 bits per heavy atom. The van der Waals surface area contributed by atoms with E-state index in [1.807, 2.05) is 25.2 Å². The van der Waals surface area contributed by atoms with E-state index in [-0.39, 0.29) is 5.97 Å². The predicted octanol–water partition coefficient (Wildman–Crippen LogP) is 4.56. The summed E-state index contributed by atoms with van der Waals surface area (Å²) in [4.78, 5) is 23.2. The van der Waals surface area contributed by atoms with E-state index in [2.05, 4.69) is 39.5 Å². The number of methoxy groups -OCH3 is 1. The summed E-state index contributed by atoms with van der Waals surface area (Å²) in [5.74, 6) is 0.927. The summed E-state index contributed by atoms with van der Waals surface area (Å²) in [6, 6.07) is 16.2. The summed E-state index contributed by atoms with van der Waals surface area (Å²) >= 11 is 0. The molecule has 0 saturated carbocycles. The van der Waals surface area contributed by atoms with Crippen molar-refractivity contribution in [3.05, 3.63) is 77.7 Å². The summed E-state index contributed by atoms with van der Waals surface area (Å²) in [6.45, 7) is 0.720. The Bertz CT molecular complexity index is 1020. The highest BCUT2D eigenvalue weighted by Gasteiger charge is 2.23. The van der Waals surface area contributed by atoms with Crippen LogP contribution in [0.25, 0.3) is 0 Å². The van der Waals surface area contributed by atoms with Crippen molar-refractivity contribution in [1.82, 2.24) is 9.97 Å². The third kappa shape index (κ3) is 4.13. The summed E-state index contributed by atoms with van der Waals surface area (Å²) in [5, 5.41) is 3.40. The standard InChI is InChI=1S/C24H26N4O2/c1-28(18-8-4-3-5-9-18)23-12-11-19-17(7-6-10-21(19)27-23)15-26-22-16-25-14-13-20(22)24(29)30-2/h3-5,8-9,11-14,16-17,26H,6-7,10,15H2,1-2H3. The van der Waals surface area contributed by atoms with Gasteiger partial charge in [0.15, 0.2) is 0 Å². The number of anilines is 3. The molecule has 1 aromatic carbocycles. The first-order valence-electron chi connectivity index (χ1n) is 10.2. The lowest BCUT2D eigenvalue weighted by molar-refractivity contribution is 0.0601. The number of carbonyl (C=O) groups is 1. The second-order valence-corrected chi connectivity index (χ2v) is 7.48. The Kier molecular flexibility index (Phi) is 5.93. The van der Waals surface area contributed by atoms with Gasteiger partial charge in [-0.2, -0.15) is 0 Å². The Balaban J connectivity index is 1.52. The van der Waals surface area contributed by atoms with Crippen LogP contribution in [0.3, 0.4) is 0 Å². The Morgan fingerprint density at radius 3 is 2.83 bits per heavy atom. The van der Waals surface area contributed by atoms with E-state index in [1.54, 1.807) is 18.5 Å². The molecule has 30 heavy (non-hydrogen) atoms. The number of hydrogen-bond acceptors (Lipinski definition) is 6. The number of rotatable bonds is 6. The average Bonchev–Trinajstić information content (AvgIpc) is 2.82. The van der Waals surface area contributed by atoms with Crippen molar-refractivity contribution in [3.8, 4) is 0 Å². The number of hydrogen-bond donors (Lipinski definition) is 1. The zero-order valence-electron chi connectivity index (χ0n) is 17.3. The van der Waals surface area contributed by atoms with Gasteiger partial charge in [0.1, 0.15) is 5.82 Å². The lowest BCUT2D eigenvalue weighted by Gasteiger charge is -2.27. The molecule has 2 heterocycles.